The summed E-state index contributed by atoms with van der Waals surface area (Å²) in [4.78, 5) is 11.2. The Morgan fingerprint density at radius 2 is 2.29 bits per heavy atom. The fourth-order valence-corrected chi connectivity index (χ4v) is 1.16. The van der Waals surface area contributed by atoms with Crippen LogP contribution in [0.15, 0.2) is 23.3 Å². The van der Waals surface area contributed by atoms with E-state index in [1.165, 1.54) is 19.1 Å². The lowest BCUT2D eigenvalue weighted by Crippen LogP contribution is -2.15. The van der Waals surface area contributed by atoms with E-state index in [9.17, 15) is 9.18 Å². The van der Waals surface area contributed by atoms with Crippen molar-refractivity contribution in [1.29, 1.82) is 0 Å². The van der Waals surface area contributed by atoms with Gasteiger partial charge in [0, 0.05) is 5.02 Å². The molecule has 0 spiro atoms. The molecule has 0 aromatic heterocycles. The molecule has 0 amide bonds. The average Bonchev–Trinajstić information content (AvgIpc) is 2.27. The van der Waals surface area contributed by atoms with Crippen molar-refractivity contribution in [3.8, 4) is 0 Å². The smallest absolute Gasteiger partial charge is 0.354 e. The minimum Gasteiger partial charge on any atom is -0.461 e. The summed E-state index contributed by atoms with van der Waals surface area (Å²) in [6.07, 6.45) is 0. The van der Waals surface area contributed by atoms with E-state index in [1.807, 2.05) is 0 Å². The second-order valence-electron chi connectivity index (χ2n) is 3.15. The number of carbonyl (C=O) groups excluding carboxylic acids is 1. The summed E-state index contributed by atoms with van der Waals surface area (Å²) in [7, 11) is 0. The molecular weight excluding hydrogens is 247 g/mol. The van der Waals surface area contributed by atoms with Crippen LogP contribution in [0.4, 0.5) is 10.1 Å². The van der Waals surface area contributed by atoms with E-state index in [4.69, 9.17) is 16.3 Å². The van der Waals surface area contributed by atoms with E-state index < -0.39 is 11.8 Å². The van der Waals surface area contributed by atoms with Crippen molar-refractivity contribution < 1.29 is 13.9 Å². The first-order chi connectivity index (χ1) is 8.04. The maximum Gasteiger partial charge on any atom is 0.354 e. The third kappa shape index (κ3) is 4.03. The Kier molecular flexibility index (Phi) is 4.90. The standard InChI is InChI=1S/C11H12ClFN2O2/c1-3-17-11(16)7(2)14-15-10-5-4-8(12)6-9(10)13/h4-6,15H,3H2,1-2H3/b14-7+. The predicted molar refractivity (Wildman–Crippen MR) is 64.8 cm³/mol. The van der Waals surface area contributed by atoms with Crippen LogP contribution in [0.2, 0.25) is 5.02 Å². The van der Waals surface area contributed by atoms with E-state index in [2.05, 4.69) is 10.5 Å². The quantitative estimate of drug-likeness (QED) is 0.513. The van der Waals surface area contributed by atoms with Crippen molar-refractivity contribution in [3.63, 3.8) is 0 Å². The number of hydrazone groups is 1. The van der Waals surface area contributed by atoms with Gasteiger partial charge in [-0.2, -0.15) is 5.10 Å². The highest BCUT2D eigenvalue weighted by atomic mass is 35.5. The Labute approximate surface area is 103 Å². The van der Waals surface area contributed by atoms with E-state index in [0.717, 1.165) is 6.07 Å². The first-order valence-electron chi connectivity index (χ1n) is 4.97. The summed E-state index contributed by atoms with van der Waals surface area (Å²) in [5.41, 5.74) is 2.68. The van der Waals surface area contributed by atoms with Gasteiger partial charge in [0.15, 0.2) is 0 Å². The van der Waals surface area contributed by atoms with Crippen molar-refractivity contribution in [3.05, 3.63) is 29.0 Å². The molecule has 1 N–H and O–H groups in total. The van der Waals surface area contributed by atoms with Crippen molar-refractivity contribution >= 4 is 29.0 Å². The molecule has 0 aliphatic carbocycles. The van der Waals surface area contributed by atoms with E-state index >= 15 is 0 Å². The maximum absolute atomic E-state index is 13.3. The number of halogens is 2. The molecule has 0 aliphatic rings. The average molecular weight is 259 g/mol. The number of ether oxygens (including phenoxy) is 1. The summed E-state index contributed by atoms with van der Waals surface area (Å²) in [5.74, 6) is -1.09. The Hall–Kier alpha value is -1.62. The summed E-state index contributed by atoms with van der Waals surface area (Å²) < 4.78 is 18.0. The van der Waals surface area contributed by atoms with Gasteiger partial charge in [-0.3, -0.25) is 5.43 Å². The molecule has 0 heterocycles. The van der Waals surface area contributed by atoms with Gasteiger partial charge in [-0.05, 0) is 32.0 Å². The highest BCUT2D eigenvalue weighted by molar-refractivity contribution is 6.35. The Balaban J connectivity index is 2.72. The molecule has 0 saturated carbocycles. The fraction of sp³-hybridized carbons (Fsp3) is 0.273. The van der Waals surface area contributed by atoms with Crippen molar-refractivity contribution in [2.45, 2.75) is 13.8 Å². The lowest BCUT2D eigenvalue weighted by Gasteiger charge is -2.04. The zero-order valence-corrected chi connectivity index (χ0v) is 10.2. The molecule has 1 aromatic carbocycles. The second-order valence-corrected chi connectivity index (χ2v) is 3.59. The number of nitrogens with one attached hydrogen (secondary N) is 1. The van der Waals surface area contributed by atoms with Crippen LogP contribution in [0.3, 0.4) is 0 Å². The van der Waals surface area contributed by atoms with Gasteiger partial charge in [0.1, 0.15) is 11.5 Å². The molecule has 0 unspecified atom stereocenters. The topological polar surface area (TPSA) is 50.7 Å². The van der Waals surface area contributed by atoms with Crippen LogP contribution in [-0.4, -0.2) is 18.3 Å². The number of benzene rings is 1. The molecule has 17 heavy (non-hydrogen) atoms. The van der Waals surface area contributed by atoms with Crippen molar-refractivity contribution in [1.82, 2.24) is 0 Å². The molecule has 0 atom stereocenters. The number of esters is 1. The first-order valence-corrected chi connectivity index (χ1v) is 5.35. The second kappa shape index (κ2) is 6.20. The minimum atomic E-state index is -0.547. The summed E-state index contributed by atoms with van der Waals surface area (Å²) >= 11 is 5.59. The summed E-state index contributed by atoms with van der Waals surface area (Å²) in [6.45, 7) is 3.43. The zero-order valence-electron chi connectivity index (χ0n) is 9.46. The van der Waals surface area contributed by atoms with Crippen LogP contribution >= 0.6 is 11.6 Å². The summed E-state index contributed by atoms with van der Waals surface area (Å²) in [5, 5.41) is 4.00. The van der Waals surface area contributed by atoms with Crippen LogP contribution in [0.25, 0.3) is 0 Å². The highest BCUT2D eigenvalue weighted by Gasteiger charge is 2.07. The SMILES string of the molecule is CCOC(=O)/C(C)=N/Nc1ccc(Cl)cc1F. The van der Waals surface area contributed by atoms with Gasteiger partial charge >= 0.3 is 5.97 Å². The van der Waals surface area contributed by atoms with Crippen LogP contribution < -0.4 is 5.43 Å². The number of carbonyl (C=O) groups is 1. The lowest BCUT2D eigenvalue weighted by atomic mass is 10.3. The highest BCUT2D eigenvalue weighted by Crippen LogP contribution is 2.18. The third-order valence-electron chi connectivity index (χ3n) is 1.85. The molecule has 0 bridgehead atoms. The number of hydrogen-bond donors (Lipinski definition) is 1. The molecule has 4 nitrogen and oxygen atoms in total. The molecule has 0 fully saturated rings. The molecule has 0 radical (unpaired) electrons. The van der Waals surface area contributed by atoms with Crippen LogP contribution in [0, 0.1) is 5.82 Å². The first kappa shape index (κ1) is 13.4. The molecular formula is C11H12ClFN2O2. The number of nitrogens with zero attached hydrogens (tertiary/aromatic N) is 1. The van der Waals surface area contributed by atoms with Gasteiger partial charge in [-0.1, -0.05) is 11.6 Å². The van der Waals surface area contributed by atoms with E-state index in [1.54, 1.807) is 6.92 Å². The minimum absolute atomic E-state index is 0.112. The van der Waals surface area contributed by atoms with Gasteiger partial charge in [0.05, 0.1) is 12.3 Å². The lowest BCUT2D eigenvalue weighted by molar-refractivity contribution is -0.135. The molecule has 1 rings (SSSR count). The van der Waals surface area contributed by atoms with Crippen LogP contribution in [0.5, 0.6) is 0 Å². The number of anilines is 1. The Bertz CT molecular complexity index is 449. The van der Waals surface area contributed by atoms with E-state index in [-0.39, 0.29) is 18.0 Å². The number of rotatable bonds is 4. The predicted octanol–water partition coefficient (Wildman–Crippen LogP) is 2.83. The van der Waals surface area contributed by atoms with Crippen molar-refractivity contribution in [2.75, 3.05) is 12.0 Å². The molecule has 0 saturated heterocycles. The Morgan fingerprint density at radius 3 is 2.88 bits per heavy atom. The molecule has 1 aromatic rings. The van der Waals surface area contributed by atoms with Crippen LogP contribution in [0.1, 0.15) is 13.8 Å². The van der Waals surface area contributed by atoms with Gasteiger partial charge < -0.3 is 4.74 Å². The van der Waals surface area contributed by atoms with Crippen LogP contribution in [-0.2, 0) is 9.53 Å². The summed E-state index contributed by atoms with van der Waals surface area (Å²) in [6, 6.07) is 4.10. The third-order valence-corrected chi connectivity index (χ3v) is 2.08. The largest absolute Gasteiger partial charge is 0.461 e. The van der Waals surface area contributed by atoms with Gasteiger partial charge in [-0.15, -0.1) is 0 Å². The molecule has 0 aliphatic heterocycles. The molecule has 92 valence electrons. The zero-order chi connectivity index (χ0) is 12.8. The Morgan fingerprint density at radius 1 is 1.59 bits per heavy atom. The van der Waals surface area contributed by atoms with E-state index in [0.29, 0.717) is 5.02 Å². The number of hydrogen-bond acceptors (Lipinski definition) is 4. The maximum atomic E-state index is 13.3. The fourth-order valence-electron chi connectivity index (χ4n) is 1.01. The van der Waals surface area contributed by atoms with Crippen molar-refractivity contribution in [2.24, 2.45) is 5.10 Å². The van der Waals surface area contributed by atoms with Gasteiger partial charge in [-0.25, -0.2) is 9.18 Å². The van der Waals surface area contributed by atoms with Gasteiger partial charge in [0.2, 0.25) is 0 Å². The normalized spacial score (nSPS) is 11.2. The molecule has 6 heteroatoms. The monoisotopic (exact) mass is 258 g/mol. The van der Waals surface area contributed by atoms with Gasteiger partial charge in [0.25, 0.3) is 0 Å².